The average Bonchev–Trinajstić information content (AvgIpc) is 2.79. The fourth-order valence-corrected chi connectivity index (χ4v) is 3.83. The molecule has 0 spiro atoms. The first kappa shape index (κ1) is 14.5. The topological polar surface area (TPSA) is 62.2 Å². The van der Waals surface area contributed by atoms with Crippen molar-refractivity contribution in [2.24, 2.45) is 0 Å². The lowest BCUT2D eigenvalue weighted by molar-refractivity contribution is 0.0697. The van der Waals surface area contributed by atoms with Crippen LogP contribution in [-0.2, 0) is 0 Å². The lowest BCUT2D eigenvalue weighted by Crippen LogP contribution is -2.27. The van der Waals surface area contributed by atoms with Gasteiger partial charge in [0.2, 0.25) is 0 Å². The van der Waals surface area contributed by atoms with Crippen molar-refractivity contribution in [2.45, 2.75) is 37.5 Å². The van der Waals surface area contributed by atoms with Crippen LogP contribution in [0.4, 0.5) is 5.82 Å². The number of anilines is 1. The molecule has 2 rings (SSSR count). The van der Waals surface area contributed by atoms with Gasteiger partial charge in [-0.05, 0) is 24.7 Å². The van der Waals surface area contributed by atoms with Crippen LogP contribution in [0.5, 0.6) is 0 Å². The van der Waals surface area contributed by atoms with Crippen molar-refractivity contribution in [1.82, 2.24) is 4.98 Å². The minimum absolute atomic E-state index is 0.0943. The Morgan fingerprint density at radius 1 is 1.63 bits per heavy atom. The first-order valence-electron chi connectivity index (χ1n) is 6.39. The van der Waals surface area contributed by atoms with E-state index in [0.29, 0.717) is 17.1 Å². The number of halogens is 1. The summed E-state index contributed by atoms with van der Waals surface area (Å²) in [5, 5.41) is 13.1. The van der Waals surface area contributed by atoms with Gasteiger partial charge in [0.05, 0.1) is 10.6 Å². The van der Waals surface area contributed by atoms with Gasteiger partial charge in [0.25, 0.3) is 0 Å². The Morgan fingerprint density at radius 2 is 2.42 bits per heavy atom. The second-order valence-electron chi connectivity index (χ2n) is 4.50. The molecule has 1 heterocycles. The molecular weight excluding hydrogens is 284 g/mol. The van der Waals surface area contributed by atoms with E-state index in [9.17, 15) is 4.79 Å². The monoisotopic (exact) mass is 300 g/mol. The fraction of sp³-hybridized carbons (Fsp3) is 0.538. The maximum absolute atomic E-state index is 11.0. The summed E-state index contributed by atoms with van der Waals surface area (Å²) in [5.41, 5.74) is 0.0943. The molecule has 1 fully saturated rings. The summed E-state index contributed by atoms with van der Waals surface area (Å²) in [6.45, 7) is 2.15. The third-order valence-corrected chi connectivity index (χ3v) is 4.98. The zero-order chi connectivity index (χ0) is 13.8. The third-order valence-electron chi connectivity index (χ3n) is 3.28. The Hall–Kier alpha value is -0.940. The van der Waals surface area contributed by atoms with E-state index in [1.54, 1.807) is 0 Å². The number of hydrogen-bond acceptors (Lipinski definition) is 4. The quantitative estimate of drug-likeness (QED) is 0.871. The Labute approximate surface area is 121 Å². The lowest BCUT2D eigenvalue weighted by atomic mass is 10.2. The van der Waals surface area contributed by atoms with Gasteiger partial charge in [0.15, 0.2) is 0 Å². The average molecular weight is 301 g/mol. The number of nitrogens with one attached hydrogen (secondary N) is 1. The normalized spacial score (nSPS) is 22.4. The summed E-state index contributed by atoms with van der Waals surface area (Å²) in [4.78, 5) is 15.2. The maximum Gasteiger partial charge on any atom is 0.337 e. The number of thioether (sulfide) groups is 1. The predicted octanol–water partition coefficient (Wildman–Crippen LogP) is 3.52. The van der Waals surface area contributed by atoms with E-state index < -0.39 is 5.97 Å². The highest BCUT2D eigenvalue weighted by Crippen LogP contribution is 2.33. The fourth-order valence-electron chi connectivity index (χ4n) is 2.39. The van der Waals surface area contributed by atoms with Crippen molar-refractivity contribution < 1.29 is 9.90 Å². The Kier molecular flexibility index (Phi) is 4.93. The maximum atomic E-state index is 11.0. The van der Waals surface area contributed by atoms with Gasteiger partial charge in [-0.1, -0.05) is 24.9 Å². The number of aromatic carboxylic acids is 1. The van der Waals surface area contributed by atoms with Crippen LogP contribution < -0.4 is 5.32 Å². The molecule has 6 heteroatoms. The van der Waals surface area contributed by atoms with E-state index in [4.69, 9.17) is 16.7 Å². The number of carboxylic acid groups (broad SMARTS) is 1. The van der Waals surface area contributed by atoms with Crippen LogP contribution in [0.2, 0.25) is 5.02 Å². The van der Waals surface area contributed by atoms with Crippen LogP contribution in [-0.4, -0.2) is 33.1 Å². The molecule has 4 nitrogen and oxygen atoms in total. The van der Waals surface area contributed by atoms with E-state index in [2.05, 4.69) is 17.2 Å². The van der Waals surface area contributed by atoms with Gasteiger partial charge in [0.1, 0.15) is 5.82 Å². The molecule has 1 aliphatic rings. The highest BCUT2D eigenvalue weighted by Gasteiger charge is 2.28. The van der Waals surface area contributed by atoms with Crippen LogP contribution in [0.3, 0.4) is 0 Å². The van der Waals surface area contributed by atoms with E-state index in [-0.39, 0.29) is 10.6 Å². The van der Waals surface area contributed by atoms with E-state index in [1.807, 2.05) is 11.8 Å². The molecule has 104 valence electrons. The number of carbonyl (C=O) groups is 1. The summed E-state index contributed by atoms with van der Waals surface area (Å²) < 4.78 is 0. The van der Waals surface area contributed by atoms with Crippen LogP contribution in [0.15, 0.2) is 12.3 Å². The van der Waals surface area contributed by atoms with Crippen LogP contribution in [0.1, 0.15) is 36.5 Å². The first-order valence-corrected chi connectivity index (χ1v) is 7.82. The number of carboxylic acids is 1. The summed E-state index contributed by atoms with van der Waals surface area (Å²) in [5.74, 6) is 0.538. The van der Waals surface area contributed by atoms with Crippen molar-refractivity contribution in [3.63, 3.8) is 0 Å². The molecule has 0 aromatic carbocycles. The molecule has 0 radical (unpaired) electrons. The van der Waals surface area contributed by atoms with Gasteiger partial charge in [-0.2, -0.15) is 11.8 Å². The smallest absolute Gasteiger partial charge is 0.337 e. The zero-order valence-electron chi connectivity index (χ0n) is 10.7. The number of aromatic nitrogens is 1. The molecule has 0 saturated heterocycles. The van der Waals surface area contributed by atoms with Gasteiger partial charge in [-0.3, -0.25) is 0 Å². The summed E-state index contributed by atoms with van der Waals surface area (Å²) in [6, 6.07) is 1.74. The molecule has 0 aliphatic heterocycles. The SMILES string of the molecule is CCSC1CCCC1Nc1nccc(C(=O)O)c1Cl. The molecule has 2 unspecified atom stereocenters. The van der Waals surface area contributed by atoms with Gasteiger partial charge in [-0.25, -0.2) is 9.78 Å². The van der Waals surface area contributed by atoms with Crippen molar-refractivity contribution in [3.05, 3.63) is 22.8 Å². The molecule has 1 aliphatic carbocycles. The number of hydrogen-bond donors (Lipinski definition) is 2. The van der Waals surface area contributed by atoms with Crippen LogP contribution >= 0.6 is 23.4 Å². The molecule has 2 N–H and O–H groups in total. The summed E-state index contributed by atoms with van der Waals surface area (Å²) in [7, 11) is 0. The van der Waals surface area contributed by atoms with E-state index in [0.717, 1.165) is 12.2 Å². The molecule has 2 atom stereocenters. The van der Waals surface area contributed by atoms with Crippen molar-refractivity contribution in [2.75, 3.05) is 11.1 Å². The summed E-state index contributed by atoms with van der Waals surface area (Å²) in [6.07, 6.45) is 4.93. The van der Waals surface area contributed by atoms with Crippen LogP contribution in [0, 0.1) is 0 Å². The second-order valence-corrected chi connectivity index (χ2v) is 6.40. The van der Waals surface area contributed by atoms with Crippen molar-refractivity contribution >= 4 is 35.1 Å². The minimum atomic E-state index is -1.03. The number of rotatable bonds is 5. The van der Waals surface area contributed by atoms with Crippen LogP contribution in [0.25, 0.3) is 0 Å². The molecular formula is C13H17ClN2O2S. The largest absolute Gasteiger partial charge is 0.478 e. The Balaban J connectivity index is 2.15. The van der Waals surface area contributed by atoms with E-state index in [1.165, 1.54) is 25.1 Å². The Bertz CT molecular complexity index is 470. The highest BCUT2D eigenvalue weighted by atomic mass is 35.5. The number of pyridine rings is 1. The summed E-state index contributed by atoms with van der Waals surface area (Å²) >= 11 is 8.03. The van der Waals surface area contributed by atoms with E-state index >= 15 is 0 Å². The molecule has 1 aromatic rings. The lowest BCUT2D eigenvalue weighted by Gasteiger charge is -2.21. The van der Waals surface area contributed by atoms with Gasteiger partial charge < -0.3 is 10.4 Å². The third kappa shape index (κ3) is 3.34. The zero-order valence-corrected chi connectivity index (χ0v) is 12.3. The van der Waals surface area contributed by atoms with Crippen molar-refractivity contribution in [3.8, 4) is 0 Å². The standard InChI is InChI=1S/C13H17ClN2O2S/c1-2-19-10-5-3-4-9(10)16-12-11(14)8(13(17)18)6-7-15-12/h6-7,9-10H,2-5H2,1H3,(H,15,16)(H,17,18). The predicted molar refractivity (Wildman–Crippen MR) is 79.4 cm³/mol. The van der Waals surface area contributed by atoms with Gasteiger partial charge in [0, 0.05) is 17.5 Å². The van der Waals surface area contributed by atoms with Gasteiger partial charge in [-0.15, -0.1) is 0 Å². The minimum Gasteiger partial charge on any atom is -0.478 e. The Morgan fingerprint density at radius 3 is 3.11 bits per heavy atom. The molecule has 0 amide bonds. The second kappa shape index (κ2) is 6.48. The molecule has 19 heavy (non-hydrogen) atoms. The molecule has 1 saturated carbocycles. The van der Waals surface area contributed by atoms with Gasteiger partial charge >= 0.3 is 5.97 Å². The first-order chi connectivity index (χ1) is 9.13. The number of nitrogens with zero attached hydrogens (tertiary/aromatic N) is 1. The molecule has 0 bridgehead atoms. The highest BCUT2D eigenvalue weighted by molar-refractivity contribution is 7.99. The molecule has 1 aromatic heterocycles. The van der Waals surface area contributed by atoms with Crippen molar-refractivity contribution in [1.29, 1.82) is 0 Å².